The number of hydrogen-bond donors (Lipinski definition) is 1. The van der Waals surface area contributed by atoms with Gasteiger partial charge in [0.15, 0.2) is 11.5 Å². The molecule has 1 aliphatic heterocycles. The van der Waals surface area contributed by atoms with Gasteiger partial charge in [-0.15, -0.1) is 0 Å². The van der Waals surface area contributed by atoms with Gasteiger partial charge in [-0.3, -0.25) is 0 Å². The van der Waals surface area contributed by atoms with E-state index in [1.807, 2.05) is 12.1 Å². The van der Waals surface area contributed by atoms with Crippen LogP contribution in [-0.2, 0) is 6.54 Å². The molecule has 1 aliphatic rings. The number of benzene rings is 2. The summed E-state index contributed by atoms with van der Waals surface area (Å²) in [5, 5.41) is 5.41. The number of hydrazone groups is 1. The van der Waals surface area contributed by atoms with Crippen LogP contribution in [0.5, 0.6) is 11.5 Å². The Morgan fingerprint density at radius 2 is 1.86 bits per heavy atom. The van der Waals surface area contributed by atoms with Crippen molar-refractivity contribution >= 4 is 45.3 Å². The second-order valence-electron chi connectivity index (χ2n) is 4.52. The summed E-state index contributed by atoms with van der Waals surface area (Å²) in [6.07, 6.45) is 1.69. The molecule has 22 heavy (non-hydrogen) atoms. The summed E-state index contributed by atoms with van der Waals surface area (Å²) in [7, 11) is 0. The molecule has 0 fully saturated rings. The van der Waals surface area contributed by atoms with Crippen molar-refractivity contribution in [1.29, 1.82) is 0 Å². The minimum Gasteiger partial charge on any atom is -0.454 e. The smallest absolute Gasteiger partial charge is 0.231 e. The molecule has 0 radical (unpaired) electrons. The SMILES string of the molecule is Clc1cccc(Cl)c1CN/N=C\c1cc2c(cc1Br)OCO2. The molecule has 1 N–H and O–H groups in total. The number of rotatable bonds is 4. The number of nitrogens with zero attached hydrogens (tertiary/aromatic N) is 1. The molecule has 0 aromatic heterocycles. The van der Waals surface area contributed by atoms with Gasteiger partial charge in [0, 0.05) is 25.6 Å². The summed E-state index contributed by atoms with van der Waals surface area (Å²) in [5.74, 6) is 1.43. The highest BCUT2D eigenvalue weighted by Crippen LogP contribution is 2.36. The summed E-state index contributed by atoms with van der Waals surface area (Å²) < 4.78 is 11.5. The summed E-state index contributed by atoms with van der Waals surface area (Å²) >= 11 is 15.7. The van der Waals surface area contributed by atoms with Crippen molar-refractivity contribution in [3.63, 3.8) is 0 Å². The normalized spacial score (nSPS) is 12.9. The Hall–Kier alpha value is -1.43. The monoisotopic (exact) mass is 400 g/mol. The molecule has 114 valence electrons. The molecule has 7 heteroatoms. The predicted molar refractivity (Wildman–Crippen MR) is 91.2 cm³/mol. The lowest BCUT2D eigenvalue weighted by molar-refractivity contribution is 0.174. The molecule has 0 atom stereocenters. The maximum absolute atomic E-state index is 6.10. The van der Waals surface area contributed by atoms with Crippen LogP contribution in [0.3, 0.4) is 0 Å². The first-order chi connectivity index (χ1) is 10.6. The third-order valence-corrected chi connectivity index (χ3v) is 4.50. The quantitative estimate of drug-likeness (QED) is 0.600. The van der Waals surface area contributed by atoms with E-state index in [2.05, 4.69) is 26.5 Å². The van der Waals surface area contributed by atoms with Crippen molar-refractivity contribution in [2.24, 2.45) is 5.10 Å². The molecule has 2 aromatic carbocycles. The highest BCUT2D eigenvalue weighted by molar-refractivity contribution is 9.10. The summed E-state index contributed by atoms with van der Waals surface area (Å²) in [6.45, 7) is 0.683. The molecule has 0 saturated heterocycles. The Morgan fingerprint density at radius 1 is 1.18 bits per heavy atom. The molecule has 0 amide bonds. The van der Waals surface area contributed by atoms with Crippen molar-refractivity contribution in [1.82, 2.24) is 5.43 Å². The number of hydrogen-bond acceptors (Lipinski definition) is 4. The molecule has 4 nitrogen and oxygen atoms in total. The van der Waals surface area contributed by atoms with Crippen LogP contribution in [0.25, 0.3) is 0 Å². The van der Waals surface area contributed by atoms with Gasteiger partial charge in [0.25, 0.3) is 0 Å². The molecular weight excluding hydrogens is 391 g/mol. The van der Waals surface area contributed by atoms with Gasteiger partial charge in [-0.2, -0.15) is 5.10 Å². The molecule has 0 unspecified atom stereocenters. The Kier molecular flexibility index (Phi) is 4.76. The van der Waals surface area contributed by atoms with Crippen LogP contribution in [0.2, 0.25) is 10.0 Å². The standard InChI is InChI=1S/C15H11BrCl2N2O2/c16-11-5-15-14(21-8-22-15)4-9(11)6-19-20-7-10-12(17)2-1-3-13(10)18/h1-6,20H,7-8H2/b19-6-. The van der Waals surface area contributed by atoms with Crippen molar-refractivity contribution in [2.45, 2.75) is 6.54 Å². The van der Waals surface area contributed by atoms with Gasteiger partial charge in [-0.25, -0.2) is 0 Å². The number of ether oxygens (including phenoxy) is 2. The highest BCUT2D eigenvalue weighted by atomic mass is 79.9. The Bertz CT molecular complexity index is 717. The summed E-state index contributed by atoms with van der Waals surface area (Å²) in [5.41, 5.74) is 4.62. The van der Waals surface area contributed by atoms with Gasteiger partial charge >= 0.3 is 0 Å². The second-order valence-corrected chi connectivity index (χ2v) is 6.19. The van der Waals surface area contributed by atoms with E-state index in [1.165, 1.54) is 0 Å². The van der Waals surface area contributed by atoms with Crippen molar-refractivity contribution in [2.75, 3.05) is 6.79 Å². The van der Waals surface area contributed by atoms with Gasteiger partial charge in [0.05, 0.1) is 12.8 Å². The van der Waals surface area contributed by atoms with E-state index in [0.29, 0.717) is 22.3 Å². The lowest BCUT2D eigenvalue weighted by Gasteiger charge is -2.06. The van der Waals surface area contributed by atoms with E-state index in [4.69, 9.17) is 32.7 Å². The molecule has 0 saturated carbocycles. The van der Waals surface area contributed by atoms with E-state index in [9.17, 15) is 0 Å². The van der Waals surface area contributed by atoms with E-state index in [1.54, 1.807) is 24.4 Å². The van der Waals surface area contributed by atoms with Gasteiger partial charge in [0.1, 0.15) is 0 Å². The molecule has 3 rings (SSSR count). The molecule has 2 aromatic rings. The number of fused-ring (bicyclic) bond motifs is 1. The van der Waals surface area contributed by atoms with Crippen LogP contribution in [-0.4, -0.2) is 13.0 Å². The summed E-state index contributed by atoms with van der Waals surface area (Å²) in [4.78, 5) is 0. The zero-order valence-electron chi connectivity index (χ0n) is 11.3. The average molecular weight is 402 g/mol. The number of nitrogens with one attached hydrogen (secondary N) is 1. The minimum atomic E-state index is 0.242. The van der Waals surface area contributed by atoms with Crippen LogP contribution < -0.4 is 14.9 Å². The maximum atomic E-state index is 6.10. The molecule has 0 spiro atoms. The Labute approximate surface area is 146 Å². The van der Waals surface area contributed by atoms with Crippen LogP contribution in [0.1, 0.15) is 11.1 Å². The van der Waals surface area contributed by atoms with Crippen LogP contribution in [0.4, 0.5) is 0 Å². The van der Waals surface area contributed by atoms with Crippen molar-refractivity contribution in [3.05, 3.63) is 56.0 Å². The van der Waals surface area contributed by atoms with E-state index in [-0.39, 0.29) is 6.79 Å². The van der Waals surface area contributed by atoms with Gasteiger partial charge < -0.3 is 14.9 Å². The van der Waals surface area contributed by atoms with Crippen LogP contribution in [0, 0.1) is 0 Å². The first-order valence-corrected chi connectivity index (χ1v) is 7.98. The predicted octanol–water partition coefficient (Wildman–Crippen LogP) is 4.61. The zero-order valence-corrected chi connectivity index (χ0v) is 14.4. The van der Waals surface area contributed by atoms with Gasteiger partial charge in [0.2, 0.25) is 6.79 Å². The lowest BCUT2D eigenvalue weighted by Crippen LogP contribution is -2.06. The molecular formula is C15H11BrCl2N2O2. The lowest BCUT2D eigenvalue weighted by atomic mass is 10.2. The van der Waals surface area contributed by atoms with Crippen molar-refractivity contribution < 1.29 is 9.47 Å². The van der Waals surface area contributed by atoms with Gasteiger partial charge in [-0.1, -0.05) is 29.3 Å². The number of halogens is 3. The minimum absolute atomic E-state index is 0.242. The Balaban J connectivity index is 1.68. The van der Waals surface area contributed by atoms with Crippen molar-refractivity contribution in [3.8, 4) is 11.5 Å². The Morgan fingerprint density at radius 3 is 2.59 bits per heavy atom. The molecule has 0 bridgehead atoms. The largest absolute Gasteiger partial charge is 0.454 e. The molecule has 1 heterocycles. The highest BCUT2D eigenvalue weighted by Gasteiger charge is 2.15. The molecule has 0 aliphatic carbocycles. The fraction of sp³-hybridized carbons (Fsp3) is 0.133. The first-order valence-electron chi connectivity index (χ1n) is 6.43. The van der Waals surface area contributed by atoms with Crippen LogP contribution in [0.15, 0.2) is 39.9 Å². The fourth-order valence-electron chi connectivity index (χ4n) is 1.97. The van der Waals surface area contributed by atoms with Crippen LogP contribution >= 0.6 is 39.1 Å². The first kappa shape index (κ1) is 15.5. The third-order valence-electron chi connectivity index (χ3n) is 3.10. The van der Waals surface area contributed by atoms with E-state index in [0.717, 1.165) is 21.3 Å². The van der Waals surface area contributed by atoms with E-state index < -0.39 is 0 Å². The third kappa shape index (κ3) is 3.32. The summed E-state index contributed by atoms with van der Waals surface area (Å²) in [6, 6.07) is 9.11. The average Bonchev–Trinajstić information content (AvgIpc) is 2.93. The topological polar surface area (TPSA) is 42.9 Å². The van der Waals surface area contributed by atoms with Gasteiger partial charge in [-0.05, 0) is 40.2 Å². The maximum Gasteiger partial charge on any atom is 0.231 e. The van der Waals surface area contributed by atoms with E-state index >= 15 is 0 Å². The zero-order chi connectivity index (χ0) is 15.5. The second kappa shape index (κ2) is 6.77. The fourth-order valence-corrected chi connectivity index (χ4v) is 2.93.